The number of nitrogens with zero attached hydrogens (tertiary/aromatic N) is 2. The maximum absolute atomic E-state index is 13.4. The number of benzene rings is 1. The van der Waals surface area contributed by atoms with E-state index in [1.54, 1.807) is 23.5 Å². The molecule has 0 unspecified atom stereocenters. The second-order valence-corrected chi connectivity index (χ2v) is 5.81. The number of anilines is 1. The topological polar surface area (TPSA) is 58.0 Å². The minimum Gasteiger partial charge on any atom is -0.392 e. The zero-order valence-electron chi connectivity index (χ0n) is 12.1. The van der Waals surface area contributed by atoms with E-state index in [-0.39, 0.29) is 12.4 Å². The second-order valence-electron chi connectivity index (χ2n) is 4.92. The molecular formula is C16H16FN3OS. The number of aliphatic hydroxyl groups excluding tert-OH is 1. The van der Waals surface area contributed by atoms with E-state index in [0.29, 0.717) is 12.1 Å². The van der Waals surface area contributed by atoms with E-state index >= 15 is 0 Å². The van der Waals surface area contributed by atoms with Gasteiger partial charge in [-0.1, -0.05) is 13.0 Å². The molecule has 22 heavy (non-hydrogen) atoms. The quantitative estimate of drug-likeness (QED) is 0.756. The molecule has 0 radical (unpaired) electrons. The fourth-order valence-corrected chi connectivity index (χ4v) is 3.02. The first-order valence-electron chi connectivity index (χ1n) is 7.07. The summed E-state index contributed by atoms with van der Waals surface area (Å²) in [4.78, 5) is 9.98. The average Bonchev–Trinajstić information content (AvgIpc) is 3.02. The number of rotatable bonds is 5. The predicted molar refractivity (Wildman–Crippen MR) is 86.4 cm³/mol. The number of hydrogen-bond donors (Lipinski definition) is 2. The number of nitrogens with one attached hydrogen (secondary N) is 1. The molecule has 114 valence electrons. The highest BCUT2D eigenvalue weighted by Crippen LogP contribution is 2.25. The van der Waals surface area contributed by atoms with Crippen molar-refractivity contribution in [2.75, 3.05) is 5.32 Å². The number of aliphatic hydroxyl groups is 1. The molecule has 1 aromatic carbocycles. The number of halogens is 1. The van der Waals surface area contributed by atoms with E-state index in [9.17, 15) is 4.39 Å². The Bertz CT molecular complexity index is 803. The van der Waals surface area contributed by atoms with Crippen molar-refractivity contribution in [1.29, 1.82) is 0 Å². The highest BCUT2D eigenvalue weighted by Gasteiger charge is 2.08. The fraction of sp³-hybridized carbons (Fsp3) is 0.250. The normalized spacial score (nSPS) is 11.0. The van der Waals surface area contributed by atoms with Gasteiger partial charge in [-0.25, -0.2) is 14.4 Å². The smallest absolute Gasteiger partial charge is 0.138 e. The van der Waals surface area contributed by atoms with Gasteiger partial charge >= 0.3 is 0 Å². The number of hydrogen-bond acceptors (Lipinski definition) is 5. The highest BCUT2D eigenvalue weighted by atomic mass is 32.1. The number of thiophene rings is 1. The molecule has 2 N–H and O–H groups in total. The van der Waals surface area contributed by atoms with Crippen molar-refractivity contribution in [3.63, 3.8) is 0 Å². The lowest BCUT2D eigenvalue weighted by molar-refractivity contribution is 0.275. The molecule has 0 atom stereocenters. The van der Waals surface area contributed by atoms with E-state index in [1.165, 1.54) is 6.07 Å². The Kier molecular flexibility index (Phi) is 4.31. The van der Waals surface area contributed by atoms with Gasteiger partial charge in [0.25, 0.3) is 0 Å². The molecule has 3 aromatic rings. The Labute approximate surface area is 131 Å². The molecule has 4 nitrogen and oxygen atoms in total. The molecule has 0 saturated carbocycles. The Morgan fingerprint density at radius 2 is 2.14 bits per heavy atom. The van der Waals surface area contributed by atoms with Gasteiger partial charge in [0.2, 0.25) is 0 Å². The summed E-state index contributed by atoms with van der Waals surface area (Å²) in [5, 5.41) is 15.4. The van der Waals surface area contributed by atoms with Crippen LogP contribution in [0.2, 0.25) is 0 Å². The summed E-state index contributed by atoms with van der Waals surface area (Å²) in [6.07, 6.45) is 0.772. The van der Waals surface area contributed by atoms with Gasteiger partial charge in [-0.05, 0) is 29.1 Å². The van der Waals surface area contributed by atoms with Crippen LogP contribution in [0.15, 0.2) is 29.6 Å². The fourth-order valence-electron chi connectivity index (χ4n) is 2.24. The minimum atomic E-state index is -0.387. The van der Waals surface area contributed by atoms with Crippen LogP contribution in [0.25, 0.3) is 10.2 Å². The zero-order chi connectivity index (χ0) is 15.5. The van der Waals surface area contributed by atoms with E-state index < -0.39 is 0 Å². The molecule has 0 aliphatic carbocycles. The van der Waals surface area contributed by atoms with Crippen molar-refractivity contribution in [2.24, 2.45) is 0 Å². The third kappa shape index (κ3) is 2.93. The summed E-state index contributed by atoms with van der Waals surface area (Å²) in [5.41, 5.74) is 1.20. The minimum absolute atomic E-state index is 0.303. The third-order valence-electron chi connectivity index (χ3n) is 3.43. The number of aromatic nitrogens is 2. The lowest BCUT2D eigenvalue weighted by Crippen LogP contribution is -2.05. The number of fused-ring (bicyclic) bond motifs is 1. The van der Waals surface area contributed by atoms with Crippen LogP contribution in [0.1, 0.15) is 23.9 Å². The Balaban J connectivity index is 1.86. The summed E-state index contributed by atoms with van der Waals surface area (Å²) >= 11 is 1.59. The van der Waals surface area contributed by atoms with E-state index in [4.69, 9.17) is 5.11 Å². The van der Waals surface area contributed by atoms with Gasteiger partial charge in [-0.3, -0.25) is 0 Å². The first kappa shape index (κ1) is 14.9. The standard InChI is InChI=1S/C16H16FN3OS/c1-2-14-19-15(12-5-6-22-16(12)20-14)18-8-10-3-4-13(17)11(7-10)9-21/h3-7,21H,2,8-9H2,1H3,(H,18,19,20). The molecule has 0 bridgehead atoms. The van der Waals surface area contributed by atoms with Gasteiger partial charge < -0.3 is 10.4 Å². The van der Waals surface area contributed by atoms with Crippen molar-refractivity contribution >= 4 is 27.4 Å². The van der Waals surface area contributed by atoms with Crippen LogP contribution >= 0.6 is 11.3 Å². The van der Waals surface area contributed by atoms with Crippen LogP contribution in [0.4, 0.5) is 10.2 Å². The molecule has 0 saturated heterocycles. The van der Waals surface area contributed by atoms with Gasteiger partial charge in [0.15, 0.2) is 0 Å². The van der Waals surface area contributed by atoms with Gasteiger partial charge in [0, 0.05) is 18.5 Å². The van der Waals surface area contributed by atoms with Crippen LogP contribution in [0.3, 0.4) is 0 Å². The molecule has 6 heteroatoms. The summed E-state index contributed by atoms with van der Waals surface area (Å²) in [7, 11) is 0. The summed E-state index contributed by atoms with van der Waals surface area (Å²) in [5.74, 6) is 1.20. The lowest BCUT2D eigenvalue weighted by atomic mass is 10.1. The van der Waals surface area contributed by atoms with Gasteiger partial charge in [-0.2, -0.15) is 0 Å². The van der Waals surface area contributed by atoms with Crippen LogP contribution in [0, 0.1) is 5.82 Å². The van der Waals surface area contributed by atoms with Crippen LogP contribution in [-0.2, 0) is 19.6 Å². The van der Waals surface area contributed by atoms with Gasteiger partial charge in [-0.15, -0.1) is 11.3 Å². The van der Waals surface area contributed by atoms with Crippen molar-refractivity contribution in [1.82, 2.24) is 9.97 Å². The first-order valence-corrected chi connectivity index (χ1v) is 7.95. The third-order valence-corrected chi connectivity index (χ3v) is 4.23. The Hall–Kier alpha value is -2.05. The molecule has 0 fully saturated rings. The first-order chi connectivity index (χ1) is 10.7. The molecule has 0 aliphatic rings. The molecule has 0 aliphatic heterocycles. The predicted octanol–water partition coefficient (Wildman–Crippen LogP) is 3.50. The maximum Gasteiger partial charge on any atom is 0.138 e. The van der Waals surface area contributed by atoms with Gasteiger partial charge in [0.1, 0.15) is 22.3 Å². The average molecular weight is 317 g/mol. The molecule has 0 amide bonds. The molecule has 2 heterocycles. The van der Waals surface area contributed by atoms with Crippen molar-refractivity contribution < 1.29 is 9.50 Å². The lowest BCUT2D eigenvalue weighted by Gasteiger charge is -2.09. The van der Waals surface area contributed by atoms with E-state index in [0.717, 1.165) is 33.8 Å². The monoisotopic (exact) mass is 317 g/mol. The molecule has 2 aromatic heterocycles. The summed E-state index contributed by atoms with van der Waals surface area (Å²) < 4.78 is 13.4. The number of aryl methyl sites for hydroxylation is 1. The summed E-state index contributed by atoms with van der Waals surface area (Å²) in [6, 6.07) is 6.73. The maximum atomic E-state index is 13.4. The van der Waals surface area contributed by atoms with Crippen molar-refractivity contribution in [2.45, 2.75) is 26.5 Å². The summed E-state index contributed by atoms with van der Waals surface area (Å²) in [6.45, 7) is 2.23. The van der Waals surface area contributed by atoms with E-state index in [2.05, 4.69) is 15.3 Å². The van der Waals surface area contributed by atoms with Crippen LogP contribution < -0.4 is 5.32 Å². The Morgan fingerprint density at radius 1 is 1.27 bits per heavy atom. The molecule has 0 spiro atoms. The Morgan fingerprint density at radius 3 is 2.91 bits per heavy atom. The van der Waals surface area contributed by atoms with Crippen LogP contribution in [-0.4, -0.2) is 15.1 Å². The van der Waals surface area contributed by atoms with E-state index in [1.807, 2.05) is 18.4 Å². The molecular weight excluding hydrogens is 301 g/mol. The van der Waals surface area contributed by atoms with Gasteiger partial charge in [0.05, 0.1) is 12.0 Å². The van der Waals surface area contributed by atoms with Crippen molar-refractivity contribution in [3.8, 4) is 0 Å². The largest absolute Gasteiger partial charge is 0.392 e. The molecule has 3 rings (SSSR count). The second kappa shape index (κ2) is 6.37. The van der Waals surface area contributed by atoms with Crippen molar-refractivity contribution in [3.05, 3.63) is 52.4 Å². The highest BCUT2D eigenvalue weighted by molar-refractivity contribution is 7.16. The zero-order valence-corrected chi connectivity index (χ0v) is 13.0. The SMILES string of the molecule is CCc1nc(NCc2ccc(F)c(CO)c2)c2ccsc2n1. The van der Waals surface area contributed by atoms with Crippen LogP contribution in [0.5, 0.6) is 0 Å².